The van der Waals surface area contributed by atoms with E-state index in [1.54, 1.807) is 4.90 Å². The van der Waals surface area contributed by atoms with Crippen LogP contribution >= 0.6 is 11.6 Å². The van der Waals surface area contributed by atoms with Crippen molar-refractivity contribution in [3.8, 4) is 0 Å². The maximum atomic E-state index is 12.0. The standard InChI is InChI=1S/C15H30ClNO3Si/c1-14(2,3)19-13(18)17-10-11(17)12(9-16)20-21(7,8)15(4,5)6/h11-12H,9-10H2,1-8H3/t11?,12-,17?/m1/s1. The third kappa shape index (κ3) is 5.15. The Kier molecular flexibility index (Phi) is 5.45. The van der Waals surface area contributed by atoms with Crippen LogP contribution < -0.4 is 0 Å². The number of carbonyl (C=O) groups is 1. The molecule has 1 saturated heterocycles. The Balaban J connectivity index is 2.63. The predicted molar refractivity (Wildman–Crippen MR) is 89.5 cm³/mol. The van der Waals surface area contributed by atoms with Crippen molar-refractivity contribution in [3.05, 3.63) is 0 Å². The van der Waals surface area contributed by atoms with Crippen molar-refractivity contribution < 1.29 is 14.0 Å². The lowest BCUT2D eigenvalue weighted by atomic mass is 10.2. The highest BCUT2D eigenvalue weighted by molar-refractivity contribution is 6.74. The summed E-state index contributed by atoms with van der Waals surface area (Å²) in [7, 11) is -1.89. The number of halogens is 1. The van der Waals surface area contributed by atoms with E-state index in [1.807, 2.05) is 20.8 Å². The number of amides is 1. The largest absolute Gasteiger partial charge is 0.444 e. The van der Waals surface area contributed by atoms with Gasteiger partial charge in [0.15, 0.2) is 8.32 Å². The Morgan fingerprint density at radius 2 is 1.81 bits per heavy atom. The summed E-state index contributed by atoms with van der Waals surface area (Å²) in [6.07, 6.45) is -0.387. The number of alkyl halides is 1. The molecule has 0 saturated carbocycles. The summed E-state index contributed by atoms with van der Waals surface area (Å²) in [5.74, 6) is 0.399. The molecule has 0 aliphatic carbocycles. The summed E-state index contributed by atoms with van der Waals surface area (Å²) in [4.78, 5) is 13.7. The fourth-order valence-electron chi connectivity index (χ4n) is 1.77. The number of carbonyl (C=O) groups excluding carboxylic acids is 1. The van der Waals surface area contributed by atoms with E-state index in [-0.39, 0.29) is 23.3 Å². The van der Waals surface area contributed by atoms with Gasteiger partial charge in [0.25, 0.3) is 0 Å². The van der Waals surface area contributed by atoms with Gasteiger partial charge in [-0.05, 0) is 38.9 Å². The molecule has 2 atom stereocenters. The smallest absolute Gasteiger partial charge is 0.410 e. The molecule has 124 valence electrons. The van der Waals surface area contributed by atoms with Crippen molar-refractivity contribution in [2.75, 3.05) is 12.4 Å². The van der Waals surface area contributed by atoms with Gasteiger partial charge in [-0.3, -0.25) is 4.90 Å². The van der Waals surface area contributed by atoms with Crippen molar-refractivity contribution in [3.63, 3.8) is 0 Å². The van der Waals surface area contributed by atoms with E-state index in [1.165, 1.54) is 0 Å². The van der Waals surface area contributed by atoms with Gasteiger partial charge in [0.1, 0.15) is 5.60 Å². The zero-order valence-electron chi connectivity index (χ0n) is 14.6. The van der Waals surface area contributed by atoms with Gasteiger partial charge in [0.2, 0.25) is 0 Å². The number of hydrogen-bond donors (Lipinski definition) is 0. The molecule has 1 amide bonds. The first-order valence-electron chi connectivity index (χ1n) is 7.52. The van der Waals surface area contributed by atoms with Crippen molar-refractivity contribution in [2.24, 2.45) is 0 Å². The third-order valence-corrected chi connectivity index (χ3v) is 8.92. The van der Waals surface area contributed by atoms with E-state index < -0.39 is 13.9 Å². The summed E-state index contributed by atoms with van der Waals surface area (Å²) < 4.78 is 11.7. The first kappa shape index (κ1) is 18.8. The van der Waals surface area contributed by atoms with Gasteiger partial charge >= 0.3 is 6.09 Å². The first-order chi connectivity index (χ1) is 9.28. The summed E-state index contributed by atoms with van der Waals surface area (Å²) >= 11 is 6.08. The summed E-state index contributed by atoms with van der Waals surface area (Å²) in [6, 6.07) is 0.0477. The minimum Gasteiger partial charge on any atom is -0.444 e. The normalized spacial score (nSPS) is 21.2. The zero-order valence-corrected chi connectivity index (χ0v) is 16.4. The highest BCUT2D eigenvalue weighted by Crippen LogP contribution is 2.39. The van der Waals surface area contributed by atoms with Crippen LogP contribution in [0.15, 0.2) is 0 Å². The number of hydrogen-bond acceptors (Lipinski definition) is 3. The second kappa shape index (κ2) is 6.09. The van der Waals surface area contributed by atoms with Gasteiger partial charge in [0.05, 0.1) is 12.1 Å². The Bertz CT molecular complexity index is 387. The molecule has 21 heavy (non-hydrogen) atoms. The average Bonchev–Trinajstić information content (AvgIpc) is 3.01. The van der Waals surface area contributed by atoms with Crippen LogP contribution in [0.1, 0.15) is 41.5 Å². The predicted octanol–water partition coefficient (Wildman–Crippen LogP) is 4.23. The monoisotopic (exact) mass is 335 g/mol. The van der Waals surface area contributed by atoms with E-state index in [9.17, 15) is 4.79 Å². The van der Waals surface area contributed by atoms with Crippen LogP contribution in [0.5, 0.6) is 0 Å². The first-order valence-corrected chi connectivity index (χ1v) is 11.0. The molecule has 0 aromatic heterocycles. The summed E-state index contributed by atoms with van der Waals surface area (Å²) in [6.45, 7) is 17.3. The van der Waals surface area contributed by atoms with Gasteiger partial charge in [0, 0.05) is 12.4 Å². The third-order valence-electron chi connectivity index (χ3n) is 4.11. The molecule has 1 unspecified atom stereocenters. The molecule has 4 nitrogen and oxygen atoms in total. The van der Waals surface area contributed by atoms with Crippen molar-refractivity contribution in [1.82, 2.24) is 4.90 Å². The van der Waals surface area contributed by atoms with Gasteiger partial charge in [-0.1, -0.05) is 20.8 Å². The van der Waals surface area contributed by atoms with E-state index in [4.69, 9.17) is 20.8 Å². The van der Waals surface area contributed by atoms with Crippen molar-refractivity contribution in [2.45, 2.75) is 77.4 Å². The molecule has 1 fully saturated rings. The van der Waals surface area contributed by atoms with Crippen LogP contribution in [0.25, 0.3) is 0 Å². The SMILES string of the molecule is CC(C)(C)OC(=O)N1CC1[C@@H](CCl)O[Si](C)(C)C(C)(C)C. The van der Waals surface area contributed by atoms with Crippen molar-refractivity contribution in [1.29, 1.82) is 0 Å². The topological polar surface area (TPSA) is 38.5 Å². The highest BCUT2D eigenvalue weighted by Gasteiger charge is 2.49. The van der Waals surface area contributed by atoms with Crippen LogP contribution in [-0.2, 0) is 9.16 Å². The Labute approximate surface area is 135 Å². The maximum absolute atomic E-state index is 12.0. The quantitative estimate of drug-likeness (QED) is 0.438. The Hall–Kier alpha value is -0.263. The molecule has 0 aromatic carbocycles. The maximum Gasteiger partial charge on any atom is 0.410 e. The molecule has 1 rings (SSSR count). The Morgan fingerprint density at radius 1 is 1.29 bits per heavy atom. The molecule has 0 N–H and O–H groups in total. The fourth-order valence-corrected chi connectivity index (χ4v) is 3.50. The summed E-state index contributed by atoms with van der Waals surface area (Å²) in [5, 5.41) is 0.128. The lowest BCUT2D eigenvalue weighted by molar-refractivity contribution is 0.0377. The van der Waals surface area contributed by atoms with Gasteiger partial charge in [-0.15, -0.1) is 11.6 Å². The molecule has 6 heteroatoms. The van der Waals surface area contributed by atoms with Crippen LogP contribution in [0.2, 0.25) is 18.1 Å². The van der Waals surface area contributed by atoms with Gasteiger partial charge in [-0.2, -0.15) is 0 Å². The molecule has 0 spiro atoms. The minimum absolute atomic E-state index is 0.0477. The van der Waals surface area contributed by atoms with Gasteiger partial charge < -0.3 is 9.16 Å². The fraction of sp³-hybridized carbons (Fsp3) is 0.933. The van der Waals surface area contributed by atoms with E-state index >= 15 is 0 Å². The van der Waals surface area contributed by atoms with E-state index in [2.05, 4.69) is 33.9 Å². The minimum atomic E-state index is -1.89. The number of nitrogens with zero attached hydrogens (tertiary/aromatic N) is 1. The highest BCUT2D eigenvalue weighted by atomic mass is 35.5. The van der Waals surface area contributed by atoms with Gasteiger partial charge in [-0.25, -0.2) is 4.79 Å². The molecule has 0 aromatic rings. The molecular formula is C15H30ClNO3Si. The lowest BCUT2D eigenvalue weighted by Gasteiger charge is -2.39. The molecule has 1 heterocycles. The molecule has 1 aliphatic heterocycles. The van der Waals surface area contributed by atoms with E-state index in [0.29, 0.717) is 12.4 Å². The zero-order chi connectivity index (χ0) is 16.6. The van der Waals surface area contributed by atoms with Crippen LogP contribution in [0.4, 0.5) is 4.79 Å². The average molecular weight is 336 g/mol. The summed E-state index contributed by atoms with van der Waals surface area (Å²) in [5.41, 5.74) is -0.471. The number of ether oxygens (including phenoxy) is 1. The lowest BCUT2D eigenvalue weighted by Crippen LogP contribution is -2.46. The van der Waals surface area contributed by atoms with Crippen LogP contribution in [0.3, 0.4) is 0 Å². The molecule has 0 bridgehead atoms. The van der Waals surface area contributed by atoms with Crippen LogP contribution in [-0.4, -0.2) is 49.5 Å². The van der Waals surface area contributed by atoms with Crippen LogP contribution in [0, 0.1) is 0 Å². The van der Waals surface area contributed by atoms with E-state index in [0.717, 1.165) is 0 Å². The molecule has 0 radical (unpaired) electrons. The number of rotatable bonds is 4. The molecular weight excluding hydrogens is 306 g/mol. The van der Waals surface area contributed by atoms with Crippen molar-refractivity contribution >= 4 is 26.0 Å². The second-order valence-electron chi connectivity index (χ2n) is 8.27. The Morgan fingerprint density at radius 3 is 2.19 bits per heavy atom. The second-order valence-corrected chi connectivity index (χ2v) is 13.3. The molecule has 1 aliphatic rings.